The summed E-state index contributed by atoms with van der Waals surface area (Å²) in [5.74, 6) is 0.929. The van der Waals surface area contributed by atoms with Crippen molar-refractivity contribution in [3.8, 4) is 0 Å². The minimum Gasteiger partial charge on any atom is -0.396 e. The number of aromatic amines is 1. The van der Waals surface area contributed by atoms with Crippen LogP contribution in [0.1, 0.15) is 5.56 Å². The summed E-state index contributed by atoms with van der Waals surface area (Å²) in [4.78, 5) is 18.6. The van der Waals surface area contributed by atoms with Crippen LogP contribution in [0.3, 0.4) is 0 Å². The Balaban J connectivity index is 1.79. The van der Waals surface area contributed by atoms with Crippen LogP contribution < -0.4 is 22.3 Å². The molecule has 1 aromatic carbocycles. The van der Waals surface area contributed by atoms with Gasteiger partial charge in [0.2, 0.25) is 5.56 Å². The lowest BCUT2D eigenvalue weighted by Crippen LogP contribution is -2.06. The third kappa shape index (κ3) is 2.21. The van der Waals surface area contributed by atoms with Crippen molar-refractivity contribution in [2.24, 2.45) is 0 Å². The summed E-state index contributed by atoms with van der Waals surface area (Å²) < 4.78 is 1.48. The first-order valence-electron chi connectivity index (χ1n) is 7.32. The summed E-state index contributed by atoms with van der Waals surface area (Å²) in [6, 6.07) is 8.96. The van der Waals surface area contributed by atoms with Crippen molar-refractivity contribution in [2.75, 3.05) is 16.8 Å². The average Bonchev–Trinajstić information content (AvgIpc) is 2.89. The first kappa shape index (κ1) is 14.1. The number of nitrogen functional groups attached to an aromatic ring is 2. The minimum absolute atomic E-state index is 0.132. The molecule has 0 aliphatic heterocycles. The van der Waals surface area contributed by atoms with Gasteiger partial charge in [0.1, 0.15) is 5.82 Å². The van der Waals surface area contributed by atoms with Crippen molar-refractivity contribution in [3.05, 3.63) is 52.4 Å². The molecule has 8 nitrogen and oxygen atoms in total. The van der Waals surface area contributed by atoms with Gasteiger partial charge < -0.3 is 21.8 Å². The Bertz CT molecular complexity index is 1140. The second-order valence-electron chi connectivity index (χ2n) is 5.61. The zero-order chi connectivity index (χ0) is 16.8. The van der Waals surface area contributed by atoms with Gasteiger partial charge in [-0.3, -0.25) is 4.79 Å². The number of H-pyrrole nitrogens is 1. The molecule has 6 N–H and O–H groups in total. The van der Waals surface area contributed by atoms with E-state index in [1.807, 2.05) is 25.1 Å². The molecule has 0 unspecified atom stereocenters. The Hall–Kier alpha value is -3.55. The van der Waals surface area contributed by atoms with Crippen LogP contribution in [0, 0.1) is 6.92 Å². The van der Waals surface area contributed by atoms with Crippen molar-refractivity contribution in [2.45, 2.75) is 6.92 Å². The predicted molar refractivity (Wildman–Crippen MR) is 94.4 cm³/mol. The molecule has 4 aromatic rings. The third-order valence-corrected chi connectivity index (χ3v) is 3.84. The van der Waals surface area contributed by atoms with E-state index in [1.165, 1.54) is 10.7 Å². The number of benzene rings is 1. The fourth-order valence-corrected chi connectivity index (χ4v) is 2.73. The molecule has 8 heteroatoms. The Morgan fingerprint density at radius 3 is 2.88 bits per heavy atom. The van der Waals surface area contributed by atoms with E-state index >= 15 is 0 Å². The van der Waals surface area contributed by atoms with Crippen LogP contribution in [0.4, 0.5) is 23.0 Å². The van der Waals surface area contributed by atoms with Gasteiger partial charge in [-0.25, -0.2) is 4.98 Å². The van der Waals surface area contributed by atoms with Crippen molar-refractivity contribution in [1.29, 1.82) is 0 Å². The Kier molecular flexibility index (Phi) is 2.92. The molecule has 0 saturated carbocycles. The number of nitrogens with zero attached hydrogens (tertiary/aromatic N) is 3. The zero-order valence-corrected chi connectivity index (χ0v) is 12.9. The molecule has 120 valence electrons. The SMILES string of the molecule is Cc1cc(=O)[nH]c2cc(Nc3cc(N)c4ncc(N)n4n3)ccc12. The minimum atomic E-state index is -0.132. The number of hydrogen-bond donors (Lipinski definition) is 4. The van der Waals surface area contributed by atoms with E-state index in [2.05, 4.69) is 20.4 Å². The molecule has 3 heterocycles. The number of fused-ring (bicyclic) bond motifs is 2. The van der Waals surface area contributed by atoms with E-state index in [4.69, 9.17) is 11.5 Å². The van der Waals surface area contributed by atoms with E-state index in [-0.39, 0.29) is 5.56 Å². The molecule has 0 fully saturated rings. The average molecular weight is 321 g/mol. The van der Waals surface area contributed by atoms with Crippen LogP contribution in [0.5, 0.6) is 0 Å². The van der Waals surface area contributed by atoms with Gasteiger partial charge >= 0.3 is 0 Å². The molecule has 0 aliphatic rings. The lowest BCUT2D eigenvalue weighted by Gasteiger charge is -2.09. The van der Waals surface area contributed by atoms with E-state index in [0.29, 0.717) is 23.0 Å². The number of nitrogens with one attached hydrogen (secondary N) is 2. The molecule has 4 rings (SSSR count). The van der Waals surface area contributed by atoms with E-state index in [9.17, 15) is 4.79 Å². The van der Waals surface area contributed by atoms with Crippen molar-refractivity contribution in [3.63, 3.8) is 0 Å². The number of hydrogen-bond acceptors (Lipinski definition) is 6. The second kappa shape index (κ2) is 4.98. The molecule has 0 bridgehead atoms. The second-order valence-corrected chi connectivity index (χ2v) is 5.61. The lowest BCUT2D eigenvalue weighted by molar-refractivity contribution is 0.954. The highest BCUT2D eigenvalue weighted by Crippen LogP contribution is 2.24. The molecular formula is C16H15N7O. The molecule has 0 aliphatic carbocycles. The molecule has 0 spiro atoms. The molecular weight excluding hydrogens is 306 g/mol. The Labute approximate surface area is 136 Å². The molecule has 0 atom stereocenters. The van der Waals surface area contributed by atoms with Crippen LogP contribution in [-0.4, -0.2) is 19.6 Å². The van der Waals surface area contributed by atoms with Gasteiger partial charge in [0.05, 0.1) is 17.4 Å². The van der Waals surface area contributed by atoms with Gasteiger partial charge in [0.15, 0.2) is 11.5 Å². The fourth-order valence-electron chi connectivity index (χ4n) is 2.73. The largest absolute Gasteiger partial charge is 0.396 e. The Morgan fingerprint density at radius 2 is 2.04 bits per heavy atom. The maximum atomic E-state index is 11.6. The van der Waals surface area contributed by atoms with Gasteiger partial charge in [-0.15, -0.1) is 5.10 Å². The summed E-state index contributed by atoms with van der Waals surface area (Å²) in [5, 5.41) is 8.53. The molecule has 0 amide bonds. The quantitative estimate of drug-likeness (QED) is 0.446. The van der Waals surface area contributed by atoms with Gasteiger partial charge in [-0.1, -0.05) is 6.07 Å². The third-order valence-electron chi connectivity index (χ3n) is 3.84. The van der Waals surface area contributed by atoms with Gasteiger partial charge in [0, 0.05) is 23.2 Å². The highest BCUT2D eigenvalue weighted by atomic mass is 16.1. The van der Waals surface area contributed by atoms with Crippen LogP contribution in [0.2, 0.25) is 0 Å². The lowest BCUT2D eigenvalue weighted by atomic mass is 10.1. The summed E-state index contributed by atoms with van der Waals surface area (Å²) in [5.41, 5.74) is 15.1. The van der Waals surface area contributed by atoms with Gasteiger partial charge in [0.25, 0.3) is 0 Å². The van der Waals surface area contributed by atoms with Gasteiger partial charge in [-0.2, -0.15) is 4.52 Å². The summed E-state index contributed by atoms with van der Waals surface area (Å²) in [7, 11) is 0. The first-order chi connectivity index (χ1) is 11.5. The summed E-state index contributed by atoms with van der Waals surface area (Å²) in [6.45, 7) is 1.91. The molecule has 0 radical (unpaired) electrons. The van der Waals surface area contributed by atoms with Gasteiger partial charge in [-0.05, 0) is 24.6 Å². The van der Waals surface area contributed by atoms with Crippen LogP contribution in [-0.2, 0) is 0 Å². The predicted octanol–water partition coefficient (Wildman–Crippen LogP) is 1.79. The Morgan fingerprint density at radius 1 is 1.21 bits per heavy atom. The normalized spacial score (nSPS) is 11.2. The first-order valence-corrected chi connectivity index (χ1v) is 7.32. The smallest absolute Gasteiger partial charge is 0.248 e. The fraction of sp³-hybridized carbons (Fsp3) is 0.0625. The number of aromatic nitrogens is 4. The van der Waals surface area contributed by atoms with Crippen LogP contribution >= 0.6 is 0 Å². The number of imidazole rings is 1. The number of rotatable bonds is 2. The topological polar surface area (TPSA) is 127 Å². The maximum Gasteiger partial charge on any atom is 0.248 e. The summed E-state index contributed by atoms with van der Waals surface area (Å²) in [6.07, 6.45) is 1.51. The van der Waals surface area contributed by atoms with Crippen molar-refractivity contribution < 1.29 is 0 Å². The van der Waals surface area contributed by atoms with E-state index in [0.717, 1.165) is 22.2 Å². The maximum absolute atomic E-state index is 11.6. The number of nitrogens with two attached hydrogens (primary N) is 2. The van der Waals surface area contributed by atoms with E-state index < -0.39 is 0 Å². The van der Waals surface area contributed by atoms with Crippen molar-refractivity contribution in [1.82, 2.24) is 19.6 Å². The number of anilines is 4. The van der Waals surface area contributed by atoms with Crippen LogP contribution in [0.25, 0.3) is 16.6 Å². The highest BCUT2D eigenvalue weighted by molar-refractivity contribution is 5.85. The van der Waals surface area contributed by atoms with Crippen LogP contribution in [0.15, 0.2) is 41.3 Å². The standard InChI is InChI=1S/C16H15N7O/c1-8-4-15(24)21-12-5-9(2-3-10(8)12)20-14-6-11(17)16-19-7-13(18)23(16)22-14/h2-7H,17-18H2,1H3,(H,20,22)(H,21,24). The molecule has 0 saturated heterocycles. The summed E-state index contributed by atoms with van der Waals surface area (Å²) >= 11 is 0. The number of pyridine rings is 1. The van der Waals surface area contributed by atoms with E-state index in [1.54, 1.807) is 12.1 Å². The number of aryl methyl sites for hydroxylation is 1. The molecule has 24 heavy (non-hydrogen) atoms. The monoisotopic (exact) mass is 321 g/mol. The zero-order valence-electron chi connectivity index (χ0n) is 12.9. The van der Waals surface area contributed by atoms with Crippen molar-refractivity contribution >= 4 is 39.6 Å². The molecule has 3 aromatic heterocycles. The highest BCUT2D eigenvalue weighted by Gasteiger charge is 2.08.